The van der Waals surface area contributed by atoms with Crippen LogP contribution in [0, 0.1) is 13.8 Å². The largest absolute Gasteiger partial charge is 0.496 e. The van der Waals surface area contributed by atoms with Crippen LogP contribution in [-0.4, -0.2) is 12.2 Å². The summed E-state index contributed by atoms with van der Waals surface area (Å²) >= 11 is 3.48. The number of hydrogen-bond acceptors (Lipinski definition) is 2. The van der Waals surface area contributed by atoms with Gasteiger partial charge in [-0.3, -0.25) is 0 Å². The Morgan fingerprint density at radius 1 is 1.15 bits per heavy atom. The summed E-state index contributed by atoms with van der Waals surface area (Å²) in [7, 11) is 1.64. The van der Waals surface area contributed by atoms with Crippen molar-refractivity contribution in [2.24, 2.45) is 0 Å². The van der Waals surface area contributed by atoms with Gasteiger partial charge in [-0.25, -0.2) is 0 Å². The van der Waals surface area contributed by atoms with Crippen LogP contribution in [0.2, 0.25) is 0 Å². The third kappa shape index (κ3) is 3.22. The molecule has 0 spiro atoms. The number of methoxy groups -OCH3 is 1. The van der Waals surface area contributed by atoms with Gasteiger partial charge >= 0.3 is 0 Å². The lowest BCUT2D eigenvalue weighted by atomic mass is 9.94. The third-order valence-corrected chi connectivity index (χ3v) is 4.14. The fourth-order valence-electron chi connectivity index (χ4n) is 2.52. The molecule has 1 N–H and O–H groups in total. The van der Waals surface area contributed by atoms with Crippen molar-refractivity contribution < 1.29 is 9.84 Å². The summed E-state index contributed by atoms with van der Waals surface area (Å²) in [5.74, 6) is 0.801. The molecule has 0 heterocycles. The number of hydrogen-bond donors (Lipinski definition) is 1. The molecular formula is C17H19BrO2. The first-order valence-electron chi connectivity index (χ1n) is 6.59. The minimum Gasteiger partial charge on any atom is -0.496 e. The molecule has 2 aromatic carbocycles. The molecule has 0 aromatic heterocycles. The summed E-state index contributed by atoms with van der Waals surface area (Å²) in [5.41, 5.74) is 4.36. The molecule has 0 saturated heterocycles. The van der Waals surface area contributed by atoms with E-state index in [0.717, 1.165) is 32.5 Å². The summed E-state index contributed by atoms with van der Waals surface area (Å²) in [6, 6.07) is 12.0. The average molecular weight is 335 g/mol. The molecule has 3 heteroatoms. The number of ether oxygens (including phenoxy) is 1. The molecule has 2 nitrogen and oxygen atoms in total. The number of halogens is 1. The van der Waals surface area contributed by atoms with Gasteiger partial charge < -0.3 is 9.84 Å². The number of rotatable bonds is 4. The van der Waals surface area contributed by atoms with Crippen LogP contribution >= 0.6 is 15.9 Å². The Labute approximate surface area is 128 Å². The number of aliphatic hydroxyl groups excluding tert-OH is 1. The van der Waals surface area contributed by atoms with E-state index in [2.05, 4.69) is 15.9 Å². The second kappa shape index (κ2) is 6.42. The molecule has 0 amide bonds. The van der Waals surface area contributed by atoms with Gasteiger partial charge in [0.25, 0.3) is 0 Å². The van der Waals surface area contributed by atoms with Crippen molar-refractivity contribution in [2.75, 3.05) is 7.11 Å². The van der Waals surface area contributed by atoms with E-state index >= 15 is 0 Å². The van der Waals surface area contributed by atoms with Crippen molar-refractivity contribution in [1.29, 1.82) is 0 Å². The summed E-state index contributed by atoms with van der Waals surface area (Å²) in [6.45, 7) is 4.07. The normalized spacial score (nSPS) is 12.2. The summed E-state index contributed by atoms with van der Waals surface area (Å²) in [6.07, 6.45) is 0.102. The Hall–Kier alpha value is -1.32. The Balaban J connectivity index is 2.23. The van der Waals surface area contributed by atoms with Crippen molar-refractivity contribution in [3.8, 4) is 5.75 Å². The lowest BCUT2D eigenvalue weighted by molar-refractivity contribution is 0.177. The molecular weight excluding hydrogens is 316 g/mol. The van der Waals surface area contributed by atoms with Crippen molar-refractivity contribution in [2.45, 2.75) is 26.4 Å². The van der Waals surface area contributed by atoms with Gasteiger partial charge in [0.1, 0.15) is 5.75 Å². The molecule has 0 saturated carbocycles. The topological polar surface area (TPSA) is 29.5 Å². The average Bonchev–Trinajstić information content (AvgIpc) is 2.38. The highest BCUT2D eigenvalue weighted by Crippen LogP contribution is 2.29. The Morgan fingerprint density at radius 2 is 1.80 bits per heavy atom. The molecule has 0 aliphatic rings. The zero-order chi connectivity index (χ0) is 14.7. The monoisotopic (exact) mass is 334 g/mol. The first kappa shape index (κ1) is 15.1. The van der Waals surface area contributed by atoms with Crippen LogP contribution < -0.4 is 4.74 Å². The minimum atomic E-state index is -0.489. The summed E-state index contributed by atoms with van der Waals surface area (Å²) < 4.78 is 6.13. The predicted molar refractivity (Wildman–Crippen MR) is 85.3 cm³/mol. The van der Waals surface area contributed by atoms with Crippen molar-refractivity contribution >= 4 is 15.9 Å². The van der Waals surface area contributed by atoms with Crippen molar-refractivity contribution in [3.05, 3.63) is 63.1 Å². The van der Waals surface area contributed by atoms with E-state index in [1.807, 2.05) is 50.2 Å². The highest BCUT2D eigenvalue weighted by atomic mass is 79.9. The van der Waals surface area contributed by atoms with Crippen LogP contribution in [0.5, 0.6) is 5.75 Å². The lowest BCUT2D eigenvalue weighted by Crippen LogP contribution is -2.06. The van der Waals surface area contributed by atoms with Gasteiger partial charge in [0, 0.05) is 6.42 Å². The molecule has 0 fully saturated rings. The van der Waals surface area contributed by atoms with E-state index in [4.69, 9.17) is 4.74 Å². The van der Waals surface area contributed by atoms with E-state index in [0.29, 0.717) is 6.42 Å². The maximum atomic E-state index is 10.5. The van der Waals surface area contributed by atoms with Crippen LogP contribution in [0.1, 0.15) is 28.4 Å². The molecule has 2 rings (SSSR count). The van der Waals surface area contributed by atoms with Crippen LogP contribution in [0.3, 0.4) is 0 Å². The summed E-state index contributed by atoms with van der Waals surface area (Å²) in [5, 5.41) is 10.5. The van der Waals surface area contributed by atoms with Gasteiger partial charge in [0.15, 0.2) is 0 Å². The lowest BCUT2D eigenvalue weighted by Gasteiger charge is -2.17. The molecule has 0 aliphatic heterocycles. The maximum Gasteiger partial charge on any atom is 0.133 e. The van der Waals surface area contributed by atoms with Gasteiger partial charge in [-0.1, -0.05) is 24.3 Å². The molecule has 0 aliphatic carbocycles. The number of aryl methyl sites for hydroxylation is 2. The third-order valence-electron chi connectivity index (χ3n) is 3.52. The highest BCUT2D eigenvalue weighted by molar-refractivity contribution is 9.10. The molecule has 0 radical (unpaired) electrons. The molecule has 106 valence electrons. The van der Waals surface area contributed by atoms with Crippen LogP contribution in [0.15, 0.2) is 40.9 Å². The van der Waals surface area contributed by atoms with Crippen LogP contribution in [0.25, 0.3) is 0 Å². The van der Waals surface area contributed by atoms with Gasteiger partial charge in [-0.15, -0.1) is 0 Å². The van der Waals surface area contributed by atoms with E-state index in [9.17, 15) is 5.11 Å². The maximum absolute atomic E-state index is 10.5. The zero-order valence-electron chi connectivity index (χ0n) is 12.0. The van der Waals surface area contributed by atoms with Gasteiger partial charge in [-0.05, 0) is 64.2 Å². The number of aliphatic hydroxyl groups is 1. The minimum absolute atomic E-state index is 0.489. The van der Waals surface area contributed by atoms with Gasteiger partial charge in [0.2, 0.25) is 0 Å². The van der Waals surface area contributed by atoms with E-state index < -0.39 is 6.10 Å². The summed E-state index contributed by atoms with van der Waals surface area (Å²) in [4.78, 5) is 0. The SMILES string of the molecule is COc1ccc(CC(O)c2c(C)cccc2C)cc1Br. The fraction of sp³-hybridized carbons (Fsp3) is 0.294. The first-order valence-corrected chi connectivity index (χ1v) is 7.39. The Kier molecular flexibility index (Phi) is 4.84. The number of benzene rings is 2. The van der Waals surface area contributed by atoms with Crippen LogP contribution in [0.4, 0.5) is 0 Å². The first-order chi connectivity index (χ1) is 9.52. The van der Waals surface area contributed by atoms with E-state index in [-0.39, 0.29) is 0 Å². The molecule has 1 atom stereocenters. The standard InChI is InChI=1S/C17H19BrO2/c1-11-5-4-6-12(2)17(11)15(19)10-13-7-8-16(20-3)14(18)9-13/h4-9,15,19H,10H2,1-3H3. The van der Waals surface area contributed by atoms with E-state index in [1.54, 1.807) is 7.11 Å². The quantitative estimate of drug-likeness (QED) is 0.900. The second-order valence-corrected chi connectivity index (χ2v) is 5.85. The Bertz CT molecular complexity index is 588. The molecule has 20 heavy (non-hydrogen) atoms. The Morgan fingerprint density at radius 3 is 2.35 bits per heavy atom. The van der Waals surface area contributed by atoms with E-state index in [1.165, 1.54) is 0 Å². The molecule has 0 bridgehead atoms. The van der Waals surface area contributed by atoms with Crippen LogP contribution in [-0.2, 0) is 6.42 Å². The second-order valence-electron chi connectivity index (χ2n) is 4.99. The molecule has 1 unspecified atom stereocenters. The van der Waals surface area contributed by atoms with Gasteiger partial charge in [-0.2, -0.15) is 0 Å². The smallest absolute Gasteiger partial charge is 0.133 e. The highest BCUT2D eigenvalue weighted by Gasteiger charge is 2.14. The predicted octanol–water partition coefficient (Wildman–Crippen LogP) is 4.35. The molecule has 2 aromatic rings. The van der Waals surface area contributed by atoms with Gasteiger partial charge in [0.05, 0.1) is 17.7 Å². The van der Waals surface area contributed by atoms with Crippen molar-refractivity contribution in [3.63, 3.8) is 0 Å². The van der Waals surface area contributed by atoms with Crippen molar-refractivity contribution in [1.82, 2.24) is 0 Å². The zero-order valence-corrected chi connectivity index (χ0v) is 13.6. The fourth-order valence-corrected chi connectivity index (χ4v) is 3.10.